The number of benzene rings is 4. The molecule has 0 radical (unpaired) electrons. The molecular weight excluding hydrogens is 576 g/mol. The number of aliphatic hydroxyl groups is 1. The Bertz CT molecular complexity index is 1950. The number of anilines is 1. The van der Waals surface area contributed by atoms with Gasteiger partial charge in [0.15, 0.2) is 5.13 Å². The lowest BCUT2D eigenvalue weighted by atomic mass is 9.94. The molecule has 1 fully saturated rings. The van der Waals surface area contributed by atoms with Gasteiger partial charge in [0.25, 0.3) is 5.78 Å². The highest BCUT2D eigenvalue weighted by molar-refractivity contribution is 7.22. The Kier molecular flexibility index (Phi) is 7.02. The minimum atomic E-state index is -0.954. The lowest BCUT2D eigenvalue weighted by molar-refractivity contribution is -0.132. The van der Waals surface area contributed by atoms with Crippen molar-refractivity contribution in [3.63, 3.8) is 0 Å². The molecule has 1 amide bonds. The van der Waals surface area contributed by atoms with Crippen molar-refractivity contribution >= 4 is 44.1 Å². The van der Waals surface area contributed by atoms with Crippen LogP contribution in [0.4, 0.5) is 5.13 Å². The zero-order valence-corrected chi connectivity index (χ0v) is 24.8. The summed E-state index contributed by atoms with van der Waals surface area (Å²) in [4.78, 5) is 33.7. The molecule has 1 saturated heterocycles. The van der Waals surface area contributed by atoms with E-state index in [9.17, 15) is 14.7 Å². The predicted octanol–water partition coefficient (Wildman–Crippen LogP) is 7.44. The second-order valence-corrected chi connectivity index (χ2v) is 11.7. The fraction of sp³-hybridized carbons (Fsp3) is 0.171. The molecule has 0 spiro atoms. The van der Waals surface area contributed by atoms with Crippen molar-refractivity contribution in [1.29, 1.82) is 0 Å². The summed E-state index contributed by atoms with van der Waals surface area (Å²) in [7, 11) is 0. The first kappa shape index (κ1) is 27.7. The van der Waals surface area contributed by atoms with Crippen molar-refractivity contribution in [3.8, 4) is 23.0 Å². The highest BCUT2D eigenvalue weighted by Gasteiger charge is 2.48. The van der Waals surface area contributed by atoms with Crippen molar-refractivity contribution in [1.82, 2.24) is 4.98 Å². The Labute approximate surface area is 257 Å². The largest absolute Gasteiger partial charge is 0.507 e. The number of rotatable bonds is 7. The number of hydrogen-bond acceptors (Lipinski definition) is 8. The molecule has 9 heteroatoms. The van der Waals surface area contributed by atoms with E-state index >= 15 is 0 Å². The summed E-state index contributed by atoms with van der Waals surface area (Å²) in [6, 6.07) is 26.4. The number of carbonyl (C=O) groups is 2. The van der Waals surface area contributed by atoms with Gasteiger partial charge in [-0.25, -0.2) is 4.98 Å². The number of carbonyl (C=O) groups excluding carboxylic acids is 2. The van der Waals surface area contributed by atoms with Crippen LogP contribution in [0.15, 0.2) is 96.6 Å². The number of para-hydroxylation sites is 1. The van der Waals surface area contributed by atoms with Crippen LogP contribution in [0.1, 0.15) is 36.6 Å². The van der Waals surface area contributed by atoms with Crippen LogP contribution in [0, 0.1) is 0 Å². The van der Waals surface area contributed by atoms with E-state index in [1.54, 1.807) is 30.3 Å². The molecule has 0 unspecified atom stereocenters. The van der Waals surface area contributed by atoms with E-state index < -0.39 is 17.7 Å². The number of thiazole rings is 1. The number of nitrogens with zero attached hydrogens (tertiary/aromatic N) is 2. The first-order valence-electron chi connectivity index (χ1n) is 14.4. The molecule has 0 aliphatic carbocycles. The standard InChI is InChI=1S/C35H28N2O6S/c1-3-41-25-13-14-27-29(19-25)44-35(36-27)37-31(21-8-7-11-26(18-21)43-24-9-5-4-6-10-24)30(33(39)34(37)40)32(38)22-12-15-28-23(17-22)16-20(2)42-28/h4-15,17-20,31,38H,3,16H2,1-2H3/b32-30+/t20-,31-/m1/s1. The van der Waals surface area contributed by atoms with Crippen molar-refractivity contribution in [2.24, 2.45) is 0 Å². The molecule has 7 rings (SSSR count). The zero-order chi connectivity index (χ0) is 30.4. The Morgan fingerprint density at radius 1 is 0.977 bits per heavy atom. The molecule has 8 nitrogen and oxygen atoms in total. The van der Waals surface area contributed by atoms with E-state index in [-0.39, 0.29) is 17.4 Å². The van der Waals surface area contributed by atoms with Gasteiger partial charge in [0.2, 0.25) is 0 Å². The van der Waals surface area contributed by atoms with E-state index in [1.165, 1.54) is 16.2 Å². The lowest BCUT2D eigenvalue weighted by Crippen LogP contribution is -2.29. The van der Waals surface area contributed by atoms with Crippen LogP contribution >= 0.6 is 11.3 Å². The molecule has 3 heterocycles. The molecule has 5 aromatic rings. The Balaban J connectivity index is 1.37. The molecule has 4 aromatic carbocycles. The van der Waals surface area contributed by atoms with Crippen molar-refractivity contribution in [2.75, 3.05) is 11.5 Å². The average molecular weight is 605 g/mol. The molecule has 44 heavy (non-hydrogen) atoms. The second-order valence-electron chi connectivity index (χ2n) is 10.7. The van der Waals surface area contributed by atoms with Gasteiger partial charge in [-0.15, -0.1) is 0 Å². The highest BCUT2D eigenvalue weighted by atomic mass is 32.1. The molecule has 2 aliphatic rings. The summed E-state index contributed by atoms with van der Waals surface area (Å²) in [6.45, 7) is 4.40. The molecule has 1 N–H and O–H groups in total. The molecule has 220 valence electrons. The lowest BCUT2D eigenvalue weighted by Gasteiger charge is -2.23. The first-order chi connectivity index (χ1) is 21.4. The number of ether oxygens (including phenoxy) is 3. The fourth-order valence-electron chi connectivity index (χ4n) is 5.70. The molecular formula is C35H28N2O6S. The van der Waals surface area contributed by atoms with E-state index in [0.717, 1.165) is 16.0 Å². The Morgan fingerprint density at radius 2 is 1.80 bits per heavy atom. The van der Waals surface area contributed by atoms with Crippen LogP contribution in [0.2, 0.25) is 0 Å². The summed E-state index contributed by atoms with van der Waals surface area (Å²) < 4.78 is 18.4. The number of hydrogen-bond donors (Lipinski definition) is 1. The van der Waals surface area contributed by atoms with Gasteiger partial charge >= 0.3 is 5.91 Å². The summed E-state index contributed by atoms with van der Waals surface area (Å²) in [5.74, 6) is 0.784. The van der Waals surface area contributed by atoms with E-state index in [1.807, 2.05) is 74.5 Å². The van der Waals surface area contributed by atoms with Crippen molar-refractivity contribution in [3.05, 3.63) is 113 Å². The molecule has 2 atom stereocenters. The second kappa shape index (κ2) is 11.2. The normalized spacial score (nSPS) is 18.8. The third-order valence-electron chi connectivity index (χ3n) is 7.63. The predicted molar refractivity (Wildman–Crippen MR) is 169 cm³/mol. The van der Waals surface area contributed by atoms with Gasteiger partial charge in [0, 0.05) is 12.0 Å². The van der Waals surface area contributed by atoms with Gasteiger partial charge in [-0.3, -0.25) is 14.5 Å². The summed E-state index contributed by atoms with van der Waals surface area (Å²) in [6.07, 6.45) is 0.699. The van der Waals surface area contributed by atoms with Crippen molar-refractivity contribution in [2.45, 2.75) is 32.4 Å². The van der Waals surface area contributed by atoms with Crippen LogP contribution in [-0.4, -0.2) is 34.5 Å². The number of aliphatic hydroxyl groups excluding tert-OH is 1. The maximum absolute atomic E-state index is 13.8. The number of Topliss-reactive ketones (excluding diaryl/α,β-unsaturated/α-hetero) is 1. The van der Waals surface area contributed by atoms with Gasteiger partial charge in [-0.2, -0.15) is 0 Å². The van der Waals surface area contributed by atoms with Gasteiger partial charge in [0.05, 0.1) is 28.4 Å². The van der Waals surface area contributed by atoms with E-state index in [4.69, 9.17) is 19.2 Å². The smallest absolute Gasteiger partial charge is 0.301 e. The third-order valence-corrected chi connectivity index (χ3v) is 8.65. The number of ketones is 1. The summed E-state index contributed by atoms with van der Waals surface area (Å²) >= 11 is 1.28. The van der Waals surface area contributed by atoms with E-state index in [2.05, 4.69) is 0 Å². The van der Waals surface area contributed by atoms with Crippen LogP contribution in [0.25, 0.3) is 16.0 Å². The topological polar surface area (TPSA) is 98.2 Å². The quantitative estimate of drug-likeness (QED) is 0.117. The minimum Gasteiger partial charge on any atom is -0.507 e. The molecule has 0 saturated carbocycles. The summed E-state index contributed by atoms with van der Waals surface area (Å²) in [5, 5.41) is 12.1. The Morgan fingerprint density at radius 3 is 2.61 bits per heavy atom. The van der Waals surface area contributed by atoms with Crippen LogP contribution < -0.4 is 19.1 Å². The maximum Gasteiger partial charge on any atom is 0.301 e. The number of aromatic nitrogens is 1. The highest BCUT2D eigenvalue weighted by Crippen LogP contribution is 2.46. The van der Waals surface area contributed by atoms with Gasteiger partial charge in [-0.1, -0.05) is 41.7 Å². The molecule has 0 bridgehead atoms. The summed E-state index contributed by atoms with van der Waals surface area (Å²) in [5.41, 5.74) is 2.61. The number of amides is 1. The van der Waals surface area contributed by atoms with Crippen LogP contribution in [-0.2, 0) is 16.0 Å². The maximum atomic E-state index is 13.8. The minimum absolute atomic E-state index is 0.0163. The number of fused-ring (bicyclic) bond motifs is 2. The van der Waals surface area contributed by atoms with Gasteiger partial charge in [0.1, 0.15) is 34.9 Å². The zero-order valence-electron chi connectivity index (χ0n) is 24.0. The first-order valence-corrected chi connectivity index (χ1v) is 15.2. The average Bonchev–Trinajstić information content (AvgIpc) is 3.69. The Hall–Kier alpha value is -5.15. The molecule has 2 aliphatic heterocycles. The monoisotopic (exact) mass is 604 g/mol. The van der Waals surface area contributed by atoms with Crippen molar-refractivity contribution < 1.29 is 28.9 Å². The third kappa shape index (κ3) is 4.95. The van der Waals surface area contributed by atoms with E-state index in [0.29, 0.717) is 52.1 Å². The van der Waals surface area contributed by atoms with Crippen LogP contribution in [0.5, 0.6) is 23.0 Å². The fourth-order valence-corrected chi connectivity index (χ4v) is 6.72. The van der Waals surface area contributed by atoms with Gasteiger partial charge < -0.3 is 19.3 Å². The van der Waals surface area contributed by atoms with Crippen LogP contribution in [0.3, 0.4) is 0 Å². The SMILES string of the molecule is CCOc1ccc2nc(N3C(=O)C(=O)/C(=C(/O)c4ccc5c(c4)C[C@@H](C)O5)[C@H]3c3cccc(Oc4ccccc4)c3)sc2c1. The van der Waals surface area contributed by atoms with Gasteiger partial charge in [-0.05, 0) is 85.6 Å². The molecule has 1 aromatic heterocycles.